The Morgan fingerprint density at radius 3 is 2.87 bits per heavy atom. The fourth-order valence-corrected chi connectivity index (χ4v) is 1.95. The average Bonchev–Trinajstić information content (AvgIpc) is 2.83. The van der Waals surface area contributed by atoms with Crippen LogP contribution in [-0.2, 0) is 18.2 Å². The van der Waals surface area contributed by atoms with E-state index >= 15 is 0 Å². The number of hydrogen-bond donors (Lipinski definition) is 1. The first-order chi connectivity index (χ1) is 7.24. The molecule has 84 valence electrons. The largest absolute Gasteiger partial charge is 0.366 e. The van der Waals surface area contributed by atoms with Crippen molar-refractivity contribution >= 4 is 0 Å². The number of aromatic nitrogens is 3. The van der Waals surface area contributed by atoms with E-state index in [-0.39, 0.29) is 12.2 Å². The van der Waals surface area contributed by atoms with Gasteiger partial charge in [0.25, 0.3) is 0 Å². The lowest BCUT2D eigenvalue weighted by atomic mass is 10.2. The fraction of sp³-hybridized carbons (Fsp3) is 0.800. The topological polar surface area (TPSA) is 66.0 Å². The normalized spacial score (nSPS) is 26.1. The zero-order valence-electron chi connectivity index (χ0n) is 9.31. The maximum Gasteiger partial charge on any atom is 0.156 e. The maximum atomic E-state index is 5.79. The molecule has 1 aliphatic rings. The highest BCUT2D eigenvalue weighted by Crippen LogP contribution is 2.30. The predicted octanol–water partition coefficient (Wildman–Crippen LogP) is 0.556. The van der Waals surface area contributed by atoms with Crippen molar-refractivity contribution < 1.29 is 4.74 Å². The zero-order chi connectivity index (χ0) is 10.8. The standard InChI is InChI=1S/C10H18N4O/c1-3-9-12-10(14(2)13-9)8-5-4-7(6-11)15-8/h7-8H,3-6,11H2,1-2H3. The van der Waals surface area contributed by atoms with Gasteiger partial charge in [0.1, 0.15) is 6.10 Å². The summed E-state index contributed by atoms with van der Waals surface area (Å²) in [5.41, 5.74) is 5.58. The van der Waals surface area contributed by atoms with Crippen LogP contribution >= 0.6 is 0 Å². The smallest absolute Gasteiger partial charge is 0.156 e. The van der Waals surface area contributed by atoms with Gasteiger partial charge in [0.2, 0.25) is 0 Å². The van der Waals surface area contributed by atoms with Crippen molar-refractivity contribution in [1.82, 2.24) is 14.8 Å². The summed E-state index contributed by atoms with van der Waals surface area (Å²) in [6.07, 6.45) is 3.15. The molecule has 5 heteroatoms. The molecule has 0 saturated carbocycles. The van der Waals surface area contributed by atoms with E-state index in [2.05, 4.69) is 17.0 Å². The van der Waals surface area contributed by atoms with Crippen molar-refractivity contribution in [2.24, 2.45) is 12.8 Å². The first-order valence-electron chi connectivity index (χ1n) is 5.50. The molecular formula is C10H18N4O. The molecule has 1 aliphatic heterocycles. The summed E-state index contributed by atoms with van der Waals surface area (Å²) in [5.74, 6) is 1.81. The van der Waals surface area contributed by atoms with Gasteiger partial charge in [0.05, 0.1) is 6.10 Å². The predicted molar refractivity (Wildman–Crippen MR) is 56.3 cm³/mol. The van der Waals surface area contributed by atoms with E-state index < -0.39 is 0 Å². The van der Waals surface area contributed by atoms with Crippen LogP contribution in [0.1, 0.15) is 37.5 Å². The minimum Gasteiger partial charge on any atom is -0.366 e. The summed E-state index contributed by atoms with van der Waals surface area (Å²) in [6, 6.07) is 0. The Morgan fingerprint density at radius 2 is 2.33 bits per heavy atom. The second-order valence-corrected chi connectivity index (χ2v) is 3.92. The van der Waals surface area contributed by atoms with E-state index in [9.17, 15) is 0 Å². The van der Waals surface area contributed by atoms with E-state index in [1.807, 2.05) is 11.7 Å². The molecule has 2 heterocycles. The molecule has 0 amide bonds. The molecule has 0 bridgehead atoms. The molecule has 5 nitrogen and oxygen atoms in total. The van der Waals surface area contributed by atoms with E-state index in [0.29, 0.717) is 6.54 Å². The first-order valence-corrected chi connectivity index (χ1v) is 5.50. The Balaban J connectivity index is 2.12. The zero-order valence-corrected chi connectivity index (χ0v) is 9.31. The molecule has 15 heavy (non-hydrogen) atoms. The number of nitrogens with two attached hydrogens (primary N) is 1. The second-order valence-electron chi connectivity index (χ2n) is 3.92. The Morgan fingerprint density at radius 1 is 1.53 bits per heavy atom. The van der Waals surface area contributed by atoms with Crippen molar-refractivity contribution in [2.45, 2.75) is 38.4 Å². The van der Waals surface area contributed by atoms with Gasteiger partial charge in [0, 0.05) is 20.0 Å². The van der Waals surface area contributed by atoms with Crippen LogP contribution in [0.15, 0.2) is 0 Å². The number of nitrogens with zero attached hydrogens (tertiary/aromatic N) is 3. The number of ether oxygens (including phenoxy) is 1. The van der Waals surface area contributed by atoms with Crippen LogP contribution in [-0.4, -0.2) is 27.4 Å². The number of hydrogen-bond acceptors (Lipinski definition) is 4. The number of aryl methyl sites for hydroxylation is 2. The second kappa shape index (κ2) is 4.28. The van der Waals surface area contributed by atoms with E-state index in [1.54, 1.807) is 0 Å². The molecule has 0 aliphatic carbocycles. The van der Waals surface area contributed by atoms with Crippen LogP contribution in [0.3, 0.4) is 0 Å². The Labute approximate surface area is 89.6 Å². The Kier molecular flexibility index (Phi) is 3.02. The van der Waals surface area contributed by atoms with E-state index in [1.165, 1.54) is 0 Å². The highest BCUT2D eigenvalue weighted by molar-refractivity contribution is 4.99. The third-order valence-electron chi connectivity index (χ3n) is 2.82. The van der Waals surface area contributed by atoms with Crippen LogP contribution in [0, 0.1) is 0 Å². The summed E-state index contributed by atoms with van der Waals surface area (Å²) in [5, 5.41) is 4.32. The molecule has 2 rings (SSSR count). The average molecular weight is 210 g/mol. The molecule has 0 aromatic carbocycles. The minimum absolute atomic E-state index is 0.0800. The third-order valence-corrected chi connectivity index (χ3v) is 2.82. The van der Waals surface area contributed by atoms with Gasteiger partial charge in [-0.2, -0.15) is 5.10 Å². The molecule has 2 unspecified atom stereocenters. The Hall–Kier alpha value is -0.940. The molecule has 2 atom stereocenters. The van der Waals surface area contributed by atoms with Crippen LogP contribution in [0.2, 0.25) is 0 Å². The lowest BCUT2D eigenvalue weighted by Crippen LogP contribution is -2.19. The summed E-state index contributed by atoms with van der Waals surface area (Å²) < 4.78 is 7.61. The fourth-order valence-electron chi connectivity index (χ4n) is 1.95. The van der Waals surface area contributed by atoms with E-state index in [0.717, 1.165) is 30.9 Å². The molecule has 0 radical (unpaired) electrons. The van der Waals surface area contributed by atoms with Crippen LogP contribution in [0.25, 0.3) is 0 Å². The van der Waals surface area contributed by atoms with Crippen molar-refractivity contribution in [3.05, 3.63) is 11.6 Å². The summed E-state index contributed by atoms with van der Waals surface area (Å²) in [7, 11) is 1.92. The van der Waals surface area contributed by atoms with Crippen LogP contribution < -0.4 is 5.73 Å². The van der Waals surface area contributed by atoms with Gasteiger partial charge >= 0.3 is 0 Å². The van der Waals surface area contributed by atoms with Crippen molar-refractivity contribution in [3.63, 3.8) is 0 Å². The highest BCUT2D eigenvalue weighted by atomic mass is 16.5. The van der Waals surface area contributed by atoms with Crippen molar-refractivity contribution in [3.8, 4) is 0 Å². The maximum absolute atomic E-state index is 5.79. The molecule has 1 saturated heterocycles. The summed E-state index contributed by atoms with van der Waals surface area (Å²) in [6.45, 7) is 2.65. The van der Waals surface area contributed by atoms with Crippen LogP contribution in [0.4, 0.5) is 0 Å². The highest BCUT2D eigenvalue weighted by Gasteiger charge is 2.29. The lowest BCUT2D eigenvalue weighted by molar-refractivity contribution is 0.0427. The van der Waals surface area contributed by atoms with Gasteiger partial charge in [-0.05, 0) is 12.8 Å². The van der Waals surface area contributed by atoms with Crippen molar-refractivity contribution in [2.75, 3.05) is 6.54 Å². The molecule has 1 aromatic rings. The quantitative estimate of drug-likeness (QED) is 0.791. The van der Waals surface area contributed by atoms with E-state index in [4.69, 9.17) is 10.5 Å². The van der Waals surface area contributed by atoms with Gasteiger partial charge in [-0.25, -0.2) is 4.98 Å². The van der Waals surface area contributed by atoms with Crippen LogP contribution in [0.5, 0.6) is 0 Å². The van der Waals surface area contributed by atoms with Gasteiger partial charge in [-0.15, -0.1) is 0 Å². The summed E-state index contributed by atoms with van der Waals surface area (Å²) in [4.78, 5) is 4.47. The van der Waals surface area contributed by atoms with Crippen molar-refractivity contribution in [1.29, 1.82) is 0 Å². The lowest BCUT2D eigenvalue weighted by Gasteiger charge is -2.10. The molecule has 1 fully saturated rings. The SMILES string of the molecule is CCc1nc(C2CCC(CN)O2)n(C)n1. The molecule has 2 N–H and O–H groups in total. The third kappa shape index (κ3) is 2.03. The van der Waals surface area contributed by atoms with Gasteiger partial charge < -0.3 is 10.5 Å². The number of rotatable bonds is 3. The van der Waals surface area contributed by atoms with Gasteiger partial charge in [-0.3, -0.25) is 4.68 Å². The molecule has 1 aromatic heterocycles. The molecular weight excluding hydrogens is 192 g/mol. The Bertz CT molecular complexity index is 336. The first kappa shape index (κ1) is 10.6. The monoisotopic (exact) mass is 210 g/mol. The molecule has 0 spiro atoms. The van der Waals surface area contributed by atoms with Gasteiger partial charge in [-0.1, -0.05) is 6.92 Å². The minimum atomic E-state index is 0.0800. The van der Waals surface area contributed by atoms with Gasteiger partial charge in [0.15, 0.2) is 11.6 Å². The summed E-state index contributed by atoms with van der Waals surface area (Å²) >= 11 is 0.